The molecule has 9 nitrogen and oxygen atoms in total. The fourth-order valence-electron chi connectivity index (χ4n) is 4.40. The zero-order chi connectivity index (χ0) is 18.5. The lowest BCUT2D eigenvalue weighted by Gasteiger charge is -2.44. The number of guanidine groups is 1. The topological polar surface area (TPSA) is 79.4 Å². The van der Waals surface area contributed by atoms with Crippen LogP contribution in [0.25, 0.3) is 11.0 Å². The number of aliphatic imine (C=N–C) groups is 1. The normalized spacial score (nSPS) is 23.9. The van der Waals surface area contributed by atoms with E-state index in [0.29, 0.717) is 19.3 Å². The van der Waals surface area contributed by atoms with Crippen LogP contribution in [-0.2, 0) is 0 Å². The summed E-state index contributed by atoms with van der Waals surface area (Å²) in [6.07, 6.45) is 11.5. The molecule has 2 aromatic heterocycles. The molecule has 0 spiro atoms. The number of para-hydroxylation sites is 2. The lowest BCUT2D eigenvalue weighted by atomic mass is 9.91. The van der Waals surface area contributed by atoms with Gasteiger partial charge >= 0.3 is 0 Å². The second-order valence-corrected chi connectivity index (χ2v) is 7.45. The molecule has 142 valence electrons. The van der Waals surface area contributed by atoms with Crippen LogP contribution >= 0.6 is 0 Å². The highest BCUT2D eigenvalue weighted by Gasteiger charge is 2.38. The Morgan fingerprint density at radius 2 is 1.96 bits per heavy atom. The van der Waals surface area contributed by atoms with Gasteiger partial charge < -0.3 is 5.32 Å². The number of imidazole rings is 1. The zero-order valence-electron chi connectivity index (χ0n) is 15.4. The predicted molar refractivity (Wildman–Crippen MR) is 106 cm³/mol. The van der Waals surface area contributed by atoms with Gasteiger partial charge in [-0.25, -0.2) is 14.7 Å². The number of allylic oxidation sites excluding steroid dienone is 2. The molecule has 0 saturated carbocycles. The monoisotopic (exact) mass is 375 g/mol. The maximum Gasteiger partial charge on any atom is 0.216 e. The summed E-state index contributed by atoms with van der Waals surface area (Å²) in [6.45, 7) is 1.18. The number of aromatic nitrogens is 5. The summed E-state index contributed by atoms with van der Waals surface area (Å²) >= 11 is 0. The van der Waals surface area contributed by atoms with Crippen molar-refractivity contribution in [2.45, 2.75) is 25.4 Å². The minimum atomic E-state index is 0.156. The average molecular weight is 375 g/mol. The Morgan fingerprint density at radius 1 is 1.07 bits per heavy atom. The third-order valence-corrected chi connectivity index (χ3v) is 5.81. The molecule has 3 aliphatic rings. The van der Waals surface area contributed by atoms with E-state index in [2.05, 4.69) is 60.3 Å². The molecule has 9 heteroatoms. The van der Waals surface area contributed by atoms with Crippen LogP contribution in [0.5, 0.6) is 0 Å². The SMILES string of the molecule is C1=CC[C@H]([C@@H]2NC3=NCN(n4cnnc4)CN3c3nc4ccccc4n32)CC1. The molecular formula is C19H21N9. The predicted octanol–water partition coefficient (Wildman–Crippen LogP) is 1.82. The quantitative estimate of drug-likeness (QED) is 0.689. The molecule has 3 aromatic rings. The molecule has 28 heavy (non-hydrogen) atoms. The van der Waals surface area contributed by atoms with Gasteiger partial charge in [0.25, 0.3) is 0 Å². The van der Waals surface area contributed by atoms with E-state index < -0.39 is 0 Å². The summed E-state index contributed by atoms with van der Waals surface area (Å²) in [7, 11) is 0. The number of hydrogen-bond acceptors (Lipinski definition) is 7. The van der Waals surface area contributed by atoms with Crippen LogP contribution < -0.4 is 15.2 Å². The van der Waals surface area contributed by atoms with E-state index in [1.165, 1.54) is 6.42 Å². The summed E-state index contributed by atoms with van der Waals surface area (Å²) in [5, 5.41) is 13.6. The molecule has 0 fully saturated rings. The molecule has 0 amide bonds. The van der Waals surface area contributed by atoms with Crippen molar-refractivity contribution in [3.63, 3.8) is 0 Å². The van der Waals surface area contributed by atoms with Crippen molar-refractivity contribution in [2.24, 2.45) is 10.9 Å². The first-order chi connectivity index (χ1) is 13.9. The zero-order valence-corrected chi connectivity index (χ0v) is 15.4. The lowest BCUT2D eigenvalue weighted by Crippen LogP contribution is -2.60. The molecule has 1 aliphatic carbocycles. The standard InChI is InChI=1S/C19H21N9/c1-2-6-14(7-3-1)17-24-18-20-10-26(25-11-21-22-12-25)13-27(18)19-23-15-8-4-5-9-16(15)28(17)19/h1-2,4-5,8-9,11-12,14,17H,3,6-7,10,13H2,(H,20,24)/t14-,17+/m0/s1. The van der Waals surface area contributed by atoms with Crippen molar-refractivity contribution in [3.05, 3.63) is 49.1 Å². The Balaban J connectivity index is 1.47. The van der Waals surface area contributed by atoms with Crippen molar-refractivity contribution in [1.29, 1.82) is 0 Å². The van der Waals surface area contributed by atoms with Crippen LogP contribution in [-0.4, -0.2) is 43.7 Å². The van der Waals surface area contributed by atoms with Gasteiger partial charge in [0.05, 0.1) is 11.0 Å². The van der Waals surface area contributed by atoms with Gasteiger partial charge in [-0.1, -0.05) is 24.3 Å². The lowest BCUT2D eigenvalue weighted by molar-refractivity contribution is 0.282. The second kappa shape index (κ2) is 6.08. The molecule has 0 radical (unpaired) electrons. The number of fused-ring (bicyclic) bond motifs is 5. The van der Waals surface area contributed by atoms with Crippen LogP contribution in [0.4, 0.5) is 5.95 Å². The summed E-state index contributed by atoms with van der Waals surface area (Å²) in [6, 6.07) is 8.36. The summed E-state index contributed by atoms with van der Waals surface area (Å²) in [5.41, 5.74) is 2.17. The third kappa shape index (κ3) is 2.32. The Kier molecular flexibility index (Phi) is 3.40. The smallest absolute Gasteiger partial charge is 0.216 e. The van der Waals surface area contributed by atoms with Crippen molar-refractivity contribution >= 4 is 22.9 Å². The van der Waals surface area contributed by atoms with Crippen LogP contribution in [0.2, 0.25) is 0 Å². The fraction of sp³-hybridized carbons (Fsp3) is 0.368. The Labute approximate surface area is 162 Å². The van der Waals surface area contributed by atoms with Crippen LogP contribution in [0.15, 0.2) is 54.1 Å². The van der Waals surface area contributed by atoms with Gasteiger partial charge in [0.1, 0.15) is 32.2 Å². The van der Waals surface area contributed by atoms with Crippen LogP contribution in [0, 0.1) is 5.92 Å². The second-order valence-electron chi connectivity index (χ2n) is 7.45. The first-order valence-corrected chi connectivity index (χ1v) is 9.69. The highest BCUT2D eigenvalue weighted by molar-refractivity contribution is 5.98. The van der Waals surface area contributed by atoms with Gasteiger partial charge in [-0.15, -0.1) is 10.2 Å². The fourth-order valence-corrected chi connectivity index (χ4v) is 4.40. The Bertz CT molecular complexity index is 1060. The highest BCUT2D eigenvalue weighted by atomic mass is 15.7. The van der Waals surface area contributed by atoms with Crippen LogP contribution in [0.1, 0.15) is 25.4 Å². The first kappa shape index (κ1) is 15.7. The van der Waals surface area contributed by atoms with E-state index in [9.17, 15) is 0 Å². The number of nitrogens with one attached hydrogen (secondary N) is 1. The summed E-state index contributed by atoms with van der Waals surface area (Å²) in [4.78, 5) is 11.9. The molecule has 4 heterocycles. The third-order valence-electron chi connectivity index (χ3n) is 5.81. The number of nitrogens with zero attached hydrogens (tertiary/aromatic N) is 8. The minimum absolute atomic E-state index is 0.156. The summed E-state index contributed by atoms with van der Waals surface area (Å²) < 4.78 is 4.22. The first-order valence-electron chi connectivity index (χ1n) is 9.69. The minimum Gasteiger partial charge on any atom is -0.335 e. The van der Waals surface area contributed by atoms with Gasteiger partial charge in [0, 0.05) is 5.92 Å². The van der Waals surface area contributed by atoms with E-state index in [1.54, 1.807) is 12.7 Å². The molecule has 0 unspecified atom stereocenters. The van der Waals surface area contributed by atoms with Gasteiger partial charge in [-0.05, 0) is 31.4 Å². The van der Waals surface area contributed by atoms with E-state index >= 15 is 0 Å². The van der Waals surface area contributed by atoms with E-state index in [0.717, 1.165) is 35.8 Å². The molecule has 2 aliphatic heterocycles. The van der Waals surface area contributed by atoms with Crippen molar-refractivity contribution in [3.8, 4) is 0 Å². The summed E-state index contributed by atoms with van der Waals surface area (Å²) in [5.74, 6) is 2.35. The van der Waals surface area contributed by atoms with E-state index in [4.69, 9.17) is 9.98 Å². The molecule has 6 rings (SSSR count). The molecule has 1 N–H and O–H groups in total. The average Bonchev–Trinajstić information content (AvgIpc) is 3.42. The van der Waals surface area contributed by atoms with Gasteiger partial charge in [0.15, 0.2) is 0 Å². The number of rotatable bonds is 2. The molecular weight excluding hydrogens is 354 g/mol. The largest absolute Gasteiger partial charge is 0.335 e. The van der Waals surface area contributed by atoms with Gasteiger partial charge in [-0.2, -0.15) is 0 Å². The van der Waals surface area contributed by atoms with E-state index in [1.807, 2.05) is 10.7 Å². The van der Waals surface area contributed by atoms with Crippen molar-refractivity contribution < 1.29 is 0 Å². The van der Waals surface area contributed by atoms with Gasteiger partial charge in [-0.3, -0.25) is 14.5 Å². The van der Waals surface area contributed by atoms with Crippen molar-refractivity contribution in [1.82, 2.24) is 29.7 Å². The molecule has 0 bridgehead atoms. The van der Waals surface area contributed by atoms with Crippen LogP contribution in [0.3, 0.4) is 0 Å². The molecule has 1 aromatic carbocycles. The number of benzene rings is 1. The number of hydrogen-bond donors (Lipinski definition) is 1. The Hall–Kier alpha value is -3.36. The highest BCUT2D eigenvalue weighted by Crippen LogP contribution is 2.37. The number of anilines is 1. The van der Waals surface area contributed by atoms with E-state index in [-0.39, 0.29) is 6.17 Å². The van der Waals surface area contributed by atoms with Crippen molar-refractivity contribution in [2.75, 3.05) is 23.2 Å². The molecule has 2 atom stereocenters. The maximum absolute atomic E-state index is 4.98. The maximum atomic E-state index is 4.98. The van der Waals surface area contributed by atoms with Gasteiger partial charge in [0.2, 0.25) is 11.9 Å². The Morgan fingerprint density at radius 3 is 2.82 bits per heavy atom. The molecule has 0 saturated heterocycles.